The molecule has 524 valence electrons. The number of hydrogen-bond acceptors (Lipinski definition) is 14. The Hall–Kier alpha value is -9.82. The Morgan fingerprint density at radius 3 is 2.28 bits per heavy atom. The van der Waals surface area contributed by atoms with Crippen molar-refractivity contribution in [2.45, 2.75) is 184 Å². The average Bonchev–Trinajstić information content (AvgIpc) is 1.68. The first-order valence-corrected chi connectivity index (χ1v) is 34.3. The van der Waals surface area contributed by atoms with E-state index in [1.807, 2.05) is 53.1 Å². The third-order valence-corrected chi connectivity index (χ3v) is 19.6. The Morgan fingerprint density at radius 1 is 0.707 bits per heavy atom. The molecule has 25 nitrogen and oxygen atoms in total. The van der Waals surface area contributed by atoms with E-state index >= 15 is 28.4 Å². The molecule has 7 heterocycles. The topological polar surface area (TPSA) is 319 Å². The van der Waals surface area contributed by atoms with E-state index in [2.05, 4.69) is 47.5 Å². The normalized spacial score (nSPS) is 25.4. The fraction of sp³-hybridized carbons (Fsp3) is 0.466. The predicted octanol–water partition coefficient (Wildman–Crippen LogP) is 3.45. The van der Waals surface area contributed by atoms with Crippen LogP contribution in [0, 0.1) is 5.82 Å². The lowest BCUT2D eigenvalue weighted by molar-refractivity contribution is -0.147. The molecule has 99 heavy (non-hydrogen) atoms. The molecular weight excluding hydrogens is 1270 g/mol. The fourth-order valence-corrected chi connectivity index (χ4v) is 14.1. The standard InChI is InChI=1S/C73H88FN13O12/c1-5-56-66(91)78-57-36-48-15-11-14-45(33-48)13-9-10-32-99-61-27-31-86-65(61)69(94)81-64(44(2)88)68(93)80-58(35-46-19-23-54(98-4)24-20-46)71(96)87-30-12-28-73(87,3)72(97)75-29-26-47-18-21-49(39-76-62(89)16-7-6-8-17-63(90)77-56)50(34-47)41-85-43-53(82-83-85)42-84-40-51(37-59(70(86)95)79-67(57)92)55-38-52(74)22-25-60(55)84/h9-11,14-15,18-25,33-34,38,40,43-44,56-59,61,64-65,88H,5-8,12-13,16-17,26-32,35-37,39,41-42H2,1-4H3,(H,75,97)(H,76,89)(H,77,90)(H,78,91)(H,79,92)(H,80,93)(H,81,94)/b10-9+/t44-,56-,57+,58+,59+,61+,64+,65+,73+/m1/s1. The number of rotatable bonds is 5. The van der Waals surface area contributed by atoms with Crippen LogP contribution in [0.15, 0.2) is 109 Å². The summed E-state index contributed by atoms with van der Waals surface area (Å²) >= 11 is 0. The summed E-state index contributed by atoms with van der Waals surface area (Å²) in [5, 5.41) is 41.5. The lowest BCUT2D eigenvalue weighted by Gasteiger charge is -2.37. The van der Waals surface area contributed by atoms with Gasteiger partial charge in [0.1, 0.15) is 59.1 Å². The van der Waals surface area contributed by atoms with Gasteiger partial charge in [-0.1, -0.05) is 85.3 Å². The van der Waals surface area contributed by atoms with Gasteiger partial charge in [0.2, 0.25) is 53.2 Å². The van der Waals surface area contributed by atoms with Crippen LogP contribution in [0.1, 0.15) is 123 Å². The van der Waals surface area contributed by atoms with E-state index in [4.69, 9.17) is 9.47 Å². The highest BCUT2D eigenvalue weighted by Gasteiger charge is 2.49. The number of aliphatic hydroxyl groups is 1. The number of methoxy groups -OCH3 is 1. The fourth-order valence-electron chi connectivity index (χ4n) is 14.1. The molecule has 5 aliphatic rings. The maximum atomic E-state index is 16.1. The van der Waals surface area contributed by atoms with Crippen molar-refractivity contribution < 1.29 is 62.1 Å². The SMILES string of the molecule is CC[C@H]1NC(=O)CCCCCC(=O)NCc2ccc3cc2Cn2cc(nn2)Cn2cc(c4cc(F)ccc42)C[C@@H]2NC(=O)[C@H](Cc4cccc(c4)C/C=C/CO[C@H]4CCN(C2=O)[C@@H]4C(=O)N[C@@H]([C@@H](C)O)C(=O)N[C@@H](Cc2ccc(OC)cc2)C(=O)N2CCC[C@@]2(C)C(=O)NCC3)NC1=O. The molecule has 0 spiro atoms. The van der Waals surface area contributed by atoms with E-state index < -0.39 is 107 Å². The quantitative estimate of drug-likeness (QED) is 0.115. The lowest BCUT2D eigenvalue weighted by Crippen LogP contribution is -2.64. The largest absolute Gasteiger partial charge is 0.497 e. The van der Waals surface area contributed by atoms with E-state index in [1.165, 1.54) is 36.0 Å². The first-order valence-electron chi connectivity index (χ1n) is 34.3. The van der Waals surface area contributed by atoms with Crippen LogP contribution in [0.2, 0.25) is 0 Å². The first-order chi connectivity index (χ1) is 47.7. The van der Waals surface area contributed by atoms with E-state index in [0.29, 0.717) is 84.0 Å². The second-order valence-electron chi connectivity index (χ2n) is 26.7. The molecule has 26 heteroatoms. The summed E-state index contributed by atoms with van der Waals surface area (Å²) in [4.78, 5) is 136. The predicted molar refractivity (Wildman–Crippen MR) is 362 cm³/mol. The van der Waals surface area contributed by atoms with Crippen LogP contribution in [-0.2, 0) is 99.6 Å². The molecule has 13 bridgehead atoms. The van der Waals surface area contributed by atoms with Crippen LogP contribution in [0.4, 0.5) is 4.39 Å². The van der Waals surface area contributed by atoms with Gasteiger partial charge in [0, 0.05) is 75.4 Å². The number of aliphatic hydroxyl groups excluding tert-OH is 1. The van der Waals surface area contributed by atoms with Crippen molar-refractivity contribution in [3.05, 3.63) is 160 Å². The third-order valence-electron chi connectivity index (χ3n) is 19.6. The second-order valence-corrected chi connectivity index (χ2v) is 26.7. The molecule has 9 atom stereocenters. The van der Waals surface area contributed by atoms with Crippen molar-refractivity contribution in [1.29, 1.82) is 0 Å². The molecule has 0 unspecified atom stereocenters. The maximum absolute atomic E-state index is 16.1. The maximum Gasteiger partial charge on any atom is 0.246 e. The minimum absolute atomic E-state index is 0.0200. The van der Waals surface area contributed by atoms with Gasteiger partial charge in [-0.15, -0.1) is 5.10 Å². The molecular formula is C73H88FN13O12. The monoisotopic (exact) mass is 1360 g/mol. The molecule has 5 aliphatic heterocycles. The minimum Gasteiger partial charge on any atom is -0.497 e. The number of halogens is 1. The zero-order valence-corrected chi connectivity index (χ0v) is 56.4. The molecule has 2 saturated heterocycles. The Balaban J connectivity index is 1.04. The van der Waals surface area contributed by atoms with E-state index in [0.717, 1.165) is 22.3 Å². The molecule has 2 fully saturated rings. The highest BCUT2D eigenvalue weighted by molar-refractivity contribution is 5.99. The number of hydrogen-bond donors (Lipinski definition) is 8. The van der Waals surface area contributed by atoms with E-state index in [9.17, 15) is 24.3 Å². The number of carbonyl (C=O) groups excluding carboxylic acids is 9. The number of carbonyl (C=O) groups is 9. The number of fused-ring (bicyclic) bond motifs is 7. The average molecular weight is 1360 g/mol. The lowest BCUT2D eigenvalue weighted by atomic mass is 9.95. The molecule has 6 aromatic rings. The van der Waals surface area contributed by atoms with Crippen LogP contribution in [0.3, 0.4) is 0 Å². The van der Waals surface area contributed by atoms with Gasteiger partial charge in [0.25, 0.3) is 0 Å². The minimum atomic E-state index is -1.75. The number of allylic oxidation sites excluding steroid dienone is 1. The van der Waals surface area contributed by atoms with Crippen molar-refractivity contribution in [3.8, 4) is 5.75 Å². The number of ether oxygens (including phenoxy) is 2. The van der Waals surface area contributed by atoms with Crippen molar-refractivity contribution in [2.75, 3.05) is 33.4 Å². The van der Waals surface area contributed by atoms with E-state index in [-0.39, 0.29) is 96.7 Å². The summed E-state index contributed by atoms with van der Waals surface area (Å²) in [5.74, 6) is -5.78. The van der Waals surface area contributed by atoms with Crippen LogP contribution in [0.25, 0.3) is 10.9 Å². The highest BCUT2D eigenvalue weighted by atomic mass is 19.1. The summed E-state index contributed by atoms with van der Waals surface area (Å²) in [7, 11) is 1.51. The number of nitrogens with one attached hydrogen (secondary N) is 7. The van der Waals surface area contributed by atoms with E-state index in [1.54, 1.807) is 67.3 Å². The van der Waals surface area contributed by atoms with Gasteiger partial charge < -0.3 is 66.2 Å². The summed E-state index contributed by atoms with van der Waals surface area (Å²) in [6.45, 7) is 5.38. The van der Waals surface area contributed by atoms with Crippen molar-refractivity contribution >= 4 is 64.1 Å². The molecule has 11 rings (SSSR count). The van der Waals surface area contributed by atoms with Crippen LogP contribution in [0.5, 0.6) is 5.75 Å². The summed E-state index contributed by atoms with van der Waals surface area (Å²) < 4.78 is 31.1. The van der Waals surface area contributed by atoms with Crippen molar-refractivity contribution in [2.24, 2.45) is 0 Å². The number of amides is 9. The first kappa shape index (κ1) is 70.5. The summed E-state index contributed by atoms with van der Waals surface area (Å²) in [6.07, 6.45) is 7.49. The summed E-state index contributed by atoms with van der Waals surface area (Å²) in [6, 6.07) is 15.7. The van der Waals surface area contributed by atoms with Gasteiger partial charge in [0.05, 0.1) is 45.2 Å². The smallest absolute Gasteiger partial charge is 0.246 e. The molecule has 4 aromatic carbocycles. The van der Waals surface area contributed by atoms with Crippen LogP contribution < -0.4 is 42.0 Å². The van der Waals surface area contributed by atoms with Gasteiger partial charge in [-0.25, -0.2) is 9.07 Å². The zero-order chi connectivity index (χ0) is 69.9. The summed E-state index contributed by atoms with van der Waals surface area (Å²) in [5.41, 5.74) is 4.60. The number of aromatic nitrogens is 4. The molecule has 2 aromatic heterocycles. The van der Waals surface area contributed by atoms with Crippen molar-refractivity contribution in [3.63, 3.8) is 0 Å². The van der Waals surface area contributed by atoms with Crippen LogP contribution in [-0.4, -0.2) is 175 Å². The molecule has 0 radical (unpaired) electrons. The Kier molecular flexibility index (Phi) is 22.6. The second kappa shape index (κ2) is 31.8. The van der Waals surface area contributed by atoms with Gasteiger partial charge >= 0.3 is 0 Å². The number of nitrogens with zero attached hydrogens (tertiary/aromatic N) is 6. The third kappa shape index (κ3) is 17.0. The van der Waals surface area contributed by atoms with Gasteiger partial charge in [-0.2, -0.15) is 0 Å². The molecule has 9 amide bonds. The Bertz CT molecular complexity index is 4020. The number of benzene rings is 4. The Morgan fingerprint density at radius 2 is 1.49 bits per heavy atom. The van der Waals surface area contributed by atoms with Crippen molar-refractivity contribution in [1.82, 2.24) is 66.6 Å². The Labute approximate surface area is 573 Å². The molecule has 8 N–H and O–H groups in total. The molecule has 0 aliphatic carbocycles. The molecule has 0 saturated carbocycles. The van der Waals surface area contributed by atoms with Gasteiger partial charge in [-0.3, -0.25) is 43.2 Å². The van der Waals surface area contributed by atoms with Gasteiger partial charge in [-0.05, 0) is 134 Å². The van der Waals surface area contributed by atoms with Gasteiger partial charge in [0.15, 0.2) is 0 Å². The highest BCUT2D eigenvalue weighted by Crippen LogP contribution is 2.32. The van der Waals surface area contributed by atoms with Crippen LogP contribution >= 0.6 is 0 Å². The zero-order valence-electron chi connectivity index (χ0n) is 56.4.